The van der Waals surface area contributed by atoms with Gasteiger partial charge in [0, 0.05) is 22.8 Å². The highest BCUT2D eigenvalue weighted by Gasteiger charge is 2.09. The molecule has 0 bridgehead atoms. The maximum atomic E-state index is 9.53. The van der Waals surface area contributed by atoms with Crippen LogP contribution in [0.2, 0.25) is 0 Å². The van der Waals surface area contributed by atoms with Gasteiger partial charge in [-0.3, -0.25) is 0 Å². The number of nitriles is 1. The zero-order chi connectivity index (χ0) is 18.5. The summed E-state index contributed by atoms with van der Waals surface area (Å²) in [5, 5.41) is 15.5. The van der Waals surface area contributed by atoms with Crippen LogP contribution < -0.4 is 5.32 Å². The van der Waals surface area contributed by atoms with Crippen molar-refractivity contribution >= 4 is 22.6 Å². The summed E-state index contributed by atoms with van der Waals surface area (Å²) < 4.78 is 0. The molecule has 0 aliphatic rings. The van der Waals surface area contributed by atoms with Crippen LogP contribution in [-0.2, 0) is 6.42 Å². The van der Waals surface area contributed by atoms with Gasteiger partial charge < -0.3 is 5.32 Å². The van der Waals surface area contributed by atoms with Gasteiger partial charge in [0.15, 0.2) is 0 Å². The maximum Gasteiger partial charge on any atom is 0.136 e. The number of anilines is 1. The molecular formula is C22H21N3S. The summed E-state index contributed by atoms with van der Waals surface area (Å²) in [5.41, 5.74) is 7.18. The Hall–Kier alpha value is -2.90. The van der Waals surface area contributed by atoms with Gasteiger partial charge in [0.25, 0.3) is 0 Å². The normalized spacial score (nSPS) is 11.2. The van der Waals surface area contributed by atoms with Crippen molar-refractivity contribution in [1.29, 1.82) is 5.26 Å². The van der Waals surface area contributed by atoms with Crippen molar-refractivity contribution in [2.24, 2.45) is 0 Å². The number of thiazole rings is 1. The van der Waals surface area contributed by atoms with Gasteiger partial charge in [0.05, 0.1) is 5.69 Å². The number of hydrogen-bond acceptors (Lipinski definition) is 4. The molecule has 1 N–H and O–H groups in total. The van der Waals surface area contributed by atoms with Crippen LogP contribution in [0.4, 0.5) is 5.69 Å². The molecule has 0 amide bonds. The van der Waals surface area contributed by atoms with Crippen LogP contribution in [0.15, 0.2) is 54.0 Å². The fourth-order valence-corrected chi connectivity index (χ4v) is 3.50. The third kappa shape index (κ3) is 4.01. The predicted octanol–water partition coefficient (Wildman–Crippen LogP) is 5.97. The van der Waals surface area contributed by atoms with E-state index in [1.165, 1.54) is 22.5 Å². The monoisotopic (exact) mass is 359 g/mol. The first-order valence-electron chi connectivity index (χ1n) is 8.60. The Morgan fingerprint density at radius 3 is 2.62 bits per heavy atom. The Bertz CT molecular complexity index is 975. The minimum Gasteiger partial charge on any atom is -0.360 e. The number of aromatic nitrogens is 1. The van der Waals surface area contributed by atoms with Crippen LogP contribution >= 0.6 is 11.3 Å². The van der Waals surface area contributed by atoms with E-state index in [2.05, 4.69) is 73.5 Å². The summed E-state index contributed by atoms with van der Waals surface area (Å²) >= 11 is 1.49. The predicted molar refractivity (Wildman–Crippen MR) is 110 cm³/mol. The van der Waals surface area contributed by atoms with E-state index in [1.807, 2.05) is 11.4 Å². The van der Waals surface area contributed by atoms with Crippen molar-refractivity contribution < 1.29 is 0 Å². The van der Waals surface area contributed by atoms with Gasteiger partial charge in [0.1, 0.15) is 16.6 Å². The number of hydrogen-bond donors (Lipinski definition) is 1. The van der Waals surface area contributed by atoms with Crippen LogP contribution in [0.25, 0.3) is 16.8 Å². The second-order valence-corrected chi connectivity index (χ2v) is 7.08. The fraction of sp³-hybridized carbons (Fsp3) is 0.182. The minimum absolute atomic E-state index is 0.534. The van der Waals surface area contributed by atoms with Gasteiger partial charge in [-0.2, -0.15) is 5.26 Å². The van der Waals surface area contributed by atoms with E-state index in [0.717, 1.165) is 33.9 Å². The molecule has 0 spiro atoms. The summed E-state index contributed by atoms with van der Waals surface area (Å²) in [6.45, 7) is 6.26. The Morgan fingerprint density at radius 2 is 1.96 bits per heavy atom. The van der Waals surface area contributed by atoms with Crippen molar-refractivity contribution in [3.63, 3.8) is 0 Å². The number of benzene rings is 2. The lowest BCUT2D eigenvalue weighted by Gasteiger charge is -2.06. The number of rotatable bonds is 5. The molecule has 0 unspecified atom stereocenters. The van der Waals surface area contributed by atoms with Crippen LogP contribution in [0.3, 0.4) is 0 Å². The standard InChI is InChI=1S/C22H21N3S/c1-4-17-6-8-18(9-7-17)21-14-26-22(25-21)19(12-23)13-24-20-10-5-15(2)11-16(20)3/h5-11,13-14,24H,4H2,1-3H3/b19-13-. The highest BCUT2D eigenvalue weighted by molar-refractivity contribution is 7.11. The minimum atomic E-state index is 0.534. The van der Waals surface area contributed by atoms with Gasteiger partial charge >= 0.3 is 0 Å². The molecule has 26 heavy (non-hydrogen) atoms. The van der Waals surface area contributed by atoms with E-state index in [9.17, 15) is 5.26 Å². The van der Waals surface area contributed by atoms with Gasteiger partial charge in [-0.1, -0.05) is 48.9 Å². The third-order valence-electron chi connectivity index (χ3n) is 4.27. The molecule has 0 radical (unpaired) electrons. The molecule has 2 aromatic carbocycles. The Morgan fingerprint density at radius 1 is 1.19 bits per heavy atom. The molecule has 3 aromatic rings. The first-order valence-corrected chi connectivity index (χ1v) is 9.48. The number of nitrogens with one attached hydrogen (secondary N) is 1. The van der Waals surface area contributed by atoms with Crippen molar-refractivity contribution in [2.45, 2.75) is 27.2 Å². The largest absolute Gasteiger partial charge is 0.360 e. The van der Waals surface area contributed by atoms with E-state index >= 15 is 0 Å². The zero-order valence-electron chi connectivity index (χ0n) is 15.2. The van der Waals surface area contributed by atoms with Gasteiger partial charge in [-0.25, -0.2) is 4.98 Å². The second-order valence-electron chi connectivity index (χ2n) is 6.22. The van der Waals surface area contributed by atoms with Crippen LogP contribution in [0.5, 0.6) is 0 Å². The molecule has 130 valence electrons. The molecule has 0 saturated carbocycles. The average molecular weight is 359 g/mol. The first kappa shape index (κ1) is 17.9. The van der Waals surface area contributed by atoms with Crippen molar-refractivity contribution in [1.82, 2.24) is 4.98 Å². The van der Waals surface area contributed by atoms with Gasteiger partial charge in [-0.05, 0) is 37.5 Å². The number of nitrogens with zero attached hydrogens (tertiary/aromatic N) is 2. The quantitative estimate of drug-likeness (QED) is 0.571. The highest BCUT2D eigenvalue weighted by atomic mass is 32.1. The van der Waals surface area contributed by atoms with Crippen LogP contribution in [-0.4, -0.2) is 4.98 Å². The van der Waals surface area contributed by atoms with E-state index in [-0.39, 0.29) is 0 Å². The molecule has 3 nitrogen and oxygen atoms in total. The molecule has 0 aliphatic heterocycles. The molecule has 4 heteroatoms. The van der Waals surface area contributed by atoms with Crippen molar-refractivity contribution in [2.75, 3.05) is 5.32 Å². The second kappa shape index (κ2) is 7.99. The SMILES string of the molecule is CCc1ccc(-c2csc(/C(C#N)=C\Nc3ccc(C)cc3C)n2)cc1. The van der Waals surface area contributed by atoms with E-state index in [0.29, 0.717) is 5.57 Å². The average Bonchev–Trinajstić information content (AvgIpc) is 3.14. The molecule has 0 aliphatic carbocycles. The lowest BCUT2D eigenvalue weighted by molar-refractivity contribution is 1.14. The number of allylic oxidation sites excluding steroid dienone is 1. The lowest BCUT2D eigenvalue weighted by Crippen LogP contribution is -1.94. The molecule has 3 rings (SSSR count). The number of aryl methyl sites for hydroxylation is 3. The molecule has 0 fully saturated rings. The van der Waals surface area contributed by atoms with Crippen LogP contribution in [0, 0.1) is 25.2 Å². The Balaban J connectivity index is 1.82. The molecule has 0 saturated heterocycles. The van der Waals surface area contributed by atoms with E-state index < -0.39 is 0 Å². The van der Waals surface area contributed by atoms with E-state index in [1.54, 1.807) is 6.20 Å². The summed E-state index contributed by atoms with van der Waals surface area (Å²) in [7, 11) is 0. The molecule has 1 heterocycles. The van der Waals surface area contributed by atoms with Gasteiger partial charge in [0.2, 0.25) is 0 Å². The Labute approximate surface area is 158 Å². The van der Waals surface area contributed by atoms with Gasteiger partial charge in [-0.15, -0.1) is 11.3 Å². The van der Waals surface area contributed by atoms with Crippen molar-refractivity contribution in [3.05, 3.63) is 75.7 Å². The third-order valence-corrected chi connectivity index (χ3v) is 5.14. The summed E-state index contributed by atoms with van der Waals surface area (Å²) in [5.74, 6) is 0. The van der Waals surface area contributed by atoms with Crippen LogP contribution in [0.1, 0.15) is 28.6 Å². The summed E-state index contributed by atoms with van der Waals surface area (Å²) in [6, 6.07) is 16.9. The zero-order valence-corrected chi connectivity index (χ0v) is 16.0. The molecular weight excluding hydrogens is 338 g/mol. The van der Waals surface area contributed by atoms with E-state index in [4.69, 9.17) is 0 Å². The van der Waals surface area contributed by atoms with Crippen molar-refractivity contribution in [3.8, 4) is 17.3 Å². The smallest absolute Gasteiger partial charge is 0.136 e. The fourth-order valence-electron chi connectivity index (χ4n) is 2.71. The topological polar surface area (TPSA) is 48.7 Å². The Kier molecular flexibility index (Phi) is 5.50. The molecule has 0 atom stereocenters. The molecule has 1 aromatic heterocycles. The lowest BCUT2D eigenvalue weighted by atomic mass is 10.1. The maximum absolute atomic E-state index is 9.53. The summed E-state index contributed by atoms with van der Waals surface area (Å²) in [6.07, 6.45) is 2.76. The summed E-state index contributed by atoms with van der Waals surface area (Å²) in [4.78, 5) is 4.64. The first-order chi connectivity index (χ1) is 12.6. The highest BCUT2D eigenvalue weighted by Crippen LogP contribution is 2.27.